The molecule has 1 saturated heterocycles. The van der Waals surface area contributed by atoms with Gasteiger partial charge in [-0.05, 0) is 19.8 Å². The zero-order chi connectivity index (χ0) is 17.6. The van der Waals surface area contributed by atoms with Crippen molar-refractivity contribution in [1.29, 1.82) is 0 Å². The fourth-order valence-corrected chi connectivity index (χ4v) is 3.79. The number of nitrogen functional groups attached to an aromatic ring is 1. The van der Waals surface area contributed by atoms with Gasteiger partial charge >= 0.3 is 0 Å². The van der Waals surface area contributed by atoms with Gasteiger partial charge in [-0.1, -0.05) is 0 Å². The van der Waals surface area contributed by atoms with E-state index >= 15 is 0 Å². The molecule has 0 amide bonds. The Kier molecular flexibility index (Phi) is 4.09. The van der Waals surface area contributed by atoms with E-state index in [1.165, 1.54) is 0 Å². The van der Waals surface area contributed by atoms with Gasteiger partial charge in [-0.15, -0.1) is 0 Å². The number of nitrogens with zero attached hydrogens (tertiary/aromatic N) is 5. The van der Waals surface area contributed by atoms with Gasteiger partial charge in [0.05, 0.1) is 18.0 Å². The summed E-state index contributed by atoms with van der Waals surface area (Å²) in [4.78, 5) is 4.90. The molecule has 0 aliphatic carbocycles. The Hall–Kier alpha value is -2.19. The van der Waals surface area contributed by atoms with Gasteiger partial charge in [0, 0.05) is 55.9 Å². The number of fused-ring (bicyclic) bond motifs is 1. The topological polar surface area (TPSA) is 104 Å². The molecular weight excluding hydrogens is 318 g/mol. The molecule has 0 bridgehead atoms. The molecule has 2 unspecified atom stereocenters. The number of hydrogen-bond acceptors (Lipinski definition) is 7. The molecule has 0 radical (unpaired) electrons. The first-order valence-electron chi connectivity index (χ1n) is 8.83. The van der Waals surface area contributed by atoms with Gasteiger partial charge in [-0.3, -0.25) is 5.01 Å². The van der Waals surface area contributed by atoms with E-state index in [0.717, 1.165) is 42.8 Å². The number of nitrogens with one attached hydrogen (secondary N) is 1. The van der Waals surface area contributed by atoms with Gasteiger partial charge in [0.1, 0.15) is 5.82 Å². The van der Waals surface area contributed by atoms with E-state index in [1.807, 2.05) is 37.5 Å². The van der Waals surface area contributed by atoms with Crippen LogP contribution in [0.15, 0.2) is 17.4 Å². The maximum atomic E-state index is 9.74. The molecule has 4 heterocycles. The summed E-state index contributed by atoms with van der Waals surface area (Å²) in [7, 11) is 1.96. The van der Waals surface area contributed by atoms with E-state index in [1.54, 1.807) is 4.52 Å². The second-order valence-corrected chi connectivity index (χ2v) is 7.18. The first-order valence-corrected chi connectivity index (χ1v) is 8.83. The SMILES string of the molecule is CC(O)[C@@H]1CC[C@H](c2cc(N)n3ncc(C4C=NN(C)C4)c3n2)CN1. The van der Waals surface area contributed by atoms with Crippen molar-refractivity contribution < 1.29 is 5.11 Å². The van der Waals surface area contributed by atoms with Crippen molar-refractivity contribution in [3.05, 3.63) is 23.5 Å². The minimum Gasteiger partial charge on any atom is -0.392 e. The van der Waals surface area contributed by atoms with E-state index in [0.29, 0.717) is 11.7 Å². The molecule has 4 rings (SSSR count). The molecule has 8 nitrogen and oxygen atoms in total. The third kappa shape index (κ3) is 2.96. The van der Waals surface area contributed by atoms with E-state index < -0.39 is 0 Å². The lowest BCUT2D eigenvalue weighted by Crippen LogP contribution is -2.44. The van der Waals surface area contributed by atoms with Crippen LogP contribution in [0.2, 0.25) is 0 Å². The molecular formula is C17H25N7O. The van der Waals surface area contributed by atoms with Crippen molar-refractivity contribution in [3.63, 3.8) is 0 Å². The van der Waals surface area contributed by atoms with Crippen molar-refractivity contribution in [3.8, 4) is 0 Å². The normalized spacial score (nSPS) is 28.0. The Bertz CT molecular complexity index is 792. The summed E-state index contributed by atoms with van der Waals surface area (Å²) in [6.07, 6.45) is 5.38. The van der Waals surface area contributed by atoms with E-state index in [-0.39, 0.29) is 18.1 Å². The molecule has 4 atom stereocenters. The van der Waals surface area contributed by atoms with E-state index in [9.17, 15) is 5.11 Å². The van der Waals surface area contributed by atoms with Crippen LogP contribution in [-0.4, -0.2) is 63.2 Å². The monoisotopic (exact) mass is 343 g/mol. The van der Waals surface area contributed by atoms with Gasteiger partial charge in [-0.2, -0.15) is 14.7 Å². The number of nitrogens with two attached hydrogens (primary N) is 1. The predicted octanol–water partition coefficient (Wildman–Crippen LogP) is 0.543. The molecule has 2 aromatic rings. The minimum atomic E-state index is -0.332. The van der Waals surface area contributed by atoms with Crippen LogP contribution in [0.25, 0.3) is 5.65 Å². The Morgan fingerprint density at radius 2 is 2.24 bits per heavy atom. The maximum absolute atomic E-state index is 9.74. The molecule has 25 heavy (non-hydrogen) atoms. The highest BCUT2D eigenvalue weighted by Crippen LogP contribution is 2.29. The molecule has 0 saturated carbocycles. The number of aromatic nitrogens is 3. The standard InChI is InChI=1S/C17H25N7O/c1-10(25)14-4-3-11(6-19-14)15-5-16(18)24-17(22-15)13(8-21-24)12-7-20-23(2)9-12/h5,7-8,10-12,14,19,25H,3-4,6,9,18H2,1-2H3/t10?,11-,12?,14-/m0/s1. The van der Waals surface area contributed by atoms with Crippen LogP contribution in [0.3, 0.4) is 0 Å². The fourth-order valence-electron chi connectivity index (χ4n) is 3.79. The largest absolute Gasteiger partial charge is 0.392 e. The first-order chi connectivity index (χ1) is 12.0. The Balaban J connectivity index is 1.64. The second-order valence-electron chi connectivity index (χ2n) is 7.18. The van der Waals surface area contributed by atoms with Gasteiger partial charge in [0.2, 0.25) is 0 Å². The second kappa shape index (κ2) is 6.27. The van der Waals surface area contributed by atoms with E-state index in [4.69, 9.17) is 10.7 Å². The van der Waals surface area contributed by atoms with Crippen LogP contribution < -0.4 is 11.1 Å². The number of hydrazone groups is 1. The lowest BCUT2D eigenvalue weighted by molar-refractivity contribution is 0.125. The number of aliphatic hydroxyl groups is 1. The lowest BCUT2D eigenvalue weighted by Gasteiger charge is -2.31. The predicted molar refractivity (Wildman–Crippen MR) is 96.7 cm³/mol. The maximum Gasteiger partial charge on any atom is 0.161 e. The molecule has 8 heteroatoms. The quantitative estimate of drug-likeness (QED) is 0.751. The molecule has 1 fully saturated rings. The lowest BCUT2D eigenvalue weighted by atomic mass is 9.90. The summed E-state index contributed by atoms with van der Waals surface area (Å²) in [6, 6.07) is 2.08. The Morgan fingerprint density at radius 1 is 1.40 bits per heavy atom. The minimum absolute atomic E-state index is 0.160. The summed E-state index contributed by atoms with van der Waals surface area (Å²) >= 11 is 0. The van der Waals surface area contributed by atoms with Crippen LogP contribution in [0.4, 0.5) is 5.82 Å². The summed E-state index contributed by atoms with van der Waals surface area (Å²) in [5, 5.41) is 23.8. The zero-order valence-electron chi connectivity index (χ0n) is 14.6. The highest BCUT2D eigenvalue weighted by atomic mass is 16.3. The highest BCUT2D eigenvalue weighted by Gasteiger charge is 2.27. The van der Waals surface area contributed by atoms with Gasteiger partial charge in [0.25, 0.3) is 0 Å². The third-order valence-electron chi connectivity index (χ3n) is 5.30. The summed E-state index contributed by atoms with van der Waals surface area (Å²) in [5.41, 5.74) is 9.11. The number of anilines is 1. The summed E-state index contributed by atoms with van der Waals surface area (Å²) in [6.45, 7) is 3.46. The van der Waals surface area contributed by atoms with Gasteiger partial charge in [0.15, 0.2) is 5.65 Å². The van der Waals surface area contributed by atoms with Gasteiger partial charge < -0.3 is 16.2 Å². The number of likely N-dealkylation sites (N-methyl/N-ethyl adjacent to an activating group) is 1. The molecule has 0 spiro atoms. The Morgan fingerprint density at radius 3 is 2.88 bits per heavy atom. The van der Waals surface area contributed by atoms with Crippen LogP contribution >= 0.6 is 0 Å². The molecule has 0 aromatic carbocycles. The van der Waals surface area contributed by atoms with Crippen molar-refractivity contribution in [2.24, 2.45) is 5.10 Å². The van der Waals surface area contributed by atoms with Crippen LogP contribution in [-0.2, 0) is 0 Å². The number of aliphatic hydroxyl groups excluding tert-OH is 1. The number of rotatable bonds is 3. The smallest absolute Gasteiger partial charge is 0.161 e. The molecule has 134 valence electrons. The Labute approximate surface area is 146 Å². The number of piperidine rings is 1. The molecule has 2 aliphatic heterocycles. The van der Waals surface area contributed by atoms with E-state index in [2.05, 4.69) is 15.5 Å². The van der Waals surface area contributed by atoms with Crippen molar-refractivity contribution >= 4 is 17.7 Å². The van der Waals surface area contributed by atoms with Crippen LogP contribution in [0.1, 0.15) is 42.9 Å². The van der Waals surface area contributed by atoms with Crippen molar-refractivity contribution in [1.82, 2.24) is 24.9 Å². The molecule has 2 aromatic heterocycles. The summed E-state index contributed by atoms with van der Waals surface area (Å²) in [5.74, 6) is 1.09. The average molecular weight is 343 g/mol. The van der Waals surface area contributed by atoms with Crippen molar-refractivity contribution in [2.45, 2.75) is 43.7 Å². The zero-order valence-corrected chi connectivity index (χ0v) is 14.6. The van der Waals surface area contributed by atoms with Gasteiger partial charge in [-0.25, -0.2) is 4.98 Å². The number of hydrogen-bond donors (Lipinski definition) is 3. The highest BCUT2D eigenvalue weighted by molar-refractivity contribution is 5.74. The fraction of sp³-hybridized carbons (Fsp3) is 0.588. The summed E-state index contributed by atoms with van der Waals surface area (Å²) < 4.78 is 1.71. The third-order valence-corrected chi connectivity index (χ3v) is 5.30. The molecule has 4 N–H and O–H groups in total. The van der Waals surface area contributed by atoms with Crippen LogP contribution in [0.5, 0.6) is 0 Å². The first kappa shape index (κ1) is 16.3. The van der Waals surface area contributed by atoms with Crippen LogP contribution in [0, 0.1) is 0 Å². The van der Waals surface area contributed by atoms with Crippen molar-refractivity contribution in [2.75, 3.05) is 25.9 Å². The molecule has 2 aliphatic rings. The average Bonchev–Trinajstić information content (AvgIpc) is 3.21.